The van der Waals surface area contributed by atoms with Crippen molar-refractivity contribution in [1.29, 1.82) is 5.26 Å². The summed E-state index contributed by atoms with van der Waals surface area (Å²) in [5, 5.41) is 8.98. The molecule has 0 atom stereocenters. The first-order valence-electron chi connectivity index (χ1n) is 6.27. The lowest BCUT2D eigenvalue weighted by Crippen LogP contribution is -2.01. The summed E-state index contributed by atoms with van der Waals surface area (Å²) in [5.41, 5.74) is 2.01. The molecule has 0 radical (unpaired) electrons. The highest BCUT2D eigenvalue weighted by Crippen LogP contribution is 2.11. The number of hydrogen-bond acceptors (Lipinski definition) is 3. The van der Waals surface area contributed by atoms with Gasteiger partial charge in [0.25, 0.3) is 0 Å². The molecule has 19 heavy (non-hydrogen) atoms. The minimum Gasteiger partial charge on any atom is -0.349 e. The molecule has 0 saturated heterocycles. The summed E-state index contributed by atoms with van der Waals surface area (Å²) in [6, 6.07) is 7.58. The number of nitriles is 1. The minimum atomic E-state index is 0.160. The van der Waals surface area contributed by atoms with Crippen LogP contribution in [0, 0.1) is 11.3 Å². The van der Waals surface area contributed by atoms with E-state index in [1.54, 1.807) is 6.20 Å². The molecular formula is C15H15N3O. The zero-order valence-corrected chi connectivity index (χ0v) is 10.8. The van der Waals surface area contributed by atoms with Gasteiger partial charge in [-0.3, -0.25) is 4.79 Å². The van der Waals surface area contributed by atoms with Crippen LogP contribution in [0.5, 0.6) is 0 Å². The van der Waals surface area contributed by atoms with E-state index in [2.05, 4.69) is 11.1 Å². The lowest BCUT2D eigenvalue weighted by atomic mass is 10.1. The first-order valence-corrected chi connectivity index (χ1v) is 6.27. The van der Waals surface area contributed by atoms with E-state index in [1.807, 2.05) is 42.1 Å². The number of ketones is 1. The molecule has 0 N–H and O–H groups in total. The van der Waals surface area contributed by atoms with Gasteiger partial charge < -0.3 is 4.57 Å². The van der Waals surface area contributed by atoms with E-state index in [0.29, 0.717) is 18.7 Å². The summed E-state index contributed by atoms with van der Waals surface area (Å²) < 4.78 is 1.90. The standard InChI is InChI=1S/C15H15N3O/c1-2-4-15(19)13-6-8-18(11-13)10-12-5-3-7-17-14(12)9-16/h3,5-8,11H,2,4,10H2,1H3. The number of hydrogen-bond donors (Lipinski definition) is 0. The summed E-state index contributed by atoms with van der Waals surface area (Å²) in [7, 11) is 0. The van der Waals surface area contributed by atoms with E-state index in [1.165, 1.54) is 0 Å². The van der Waals surface area contributed by atoms with Crippen molar-refractivity contribution in [3.05, 3.63) is 53.6 Å². The molecule has 2 aromatic rings. The molecule has 2 aromatic heterocycles. The zero-order valence-electron chi connectivity index (χ0n) is 10.8. The van der Waals surface area contributed by atoms with E-state index in [0.717, 1.165) is 17.5 Å². The van der Waals surface area contributed by atoms with Crippen molar-refractivity contribution in [2.45, 2.75) is 26.3 Å². The van der Waals surface area contributed by atoms with Gasteiger partial charge in [-0.1, -0.05) is 13.0 Å². The summed E-state index contributed by atoms with van der Waals surface area (Å²) in [6.45, 7) is 2.54. The molecule has 0 aliphatic carbocycles. The Morgan fingerprint density at radius 1 is 1.47 bits per heavy atom. The molecule has 0 aliphatic rings. The summed E-state index contributed by atoms with van der Waals surface area (Å²) in [5.74, 6) is 0.160. The Kier molecular flexibility index (Phi) is 4.09. The highest BCUT2D eigenvalue weighted by atomic mass is 16.1. The maximum atomic E-state index is 11.8. The SMILES string of the molecule is CCCC(=O)c1ccn(Cc2cccnc2C#N)c1. The molecule has 2 rings (SSSR count). The predicted molar refractivity (Wildman–Crippen MR) is 71.7 cm³/mol. The normalized spacial score (nSPS) is 10.1. The number of aromatic nitrogens is 2. The Balaban J connectivity index is 2.16. The van der Waals surface area contributed by atoms with Crippen molar-refractivity contribution in [2.24, 2.45) is 0 Å². The van der Waals surface area contributed by atoms with Crippen molar-refractivity contribution in [3.8, 4) is 6.07 Å². The van der Waals surface area contributed by atoms with Crippen LogP contribution >= 0.6 is 0 Å². The quantitative estimate of drug-likeness (QED) is 0.770. The Morgan fingerprint density at radius 3 is 3.05 bits per heavy atom. The number of carbonyl (C=O) groups is 1. The monoisotopic (exact) mass is 253 g/mol. The topological polar surface area (TPSA) is 58.7 Å². The van der Waals surface area contributed by atoms with Crippen LogP contribution in [-0.4, -0.2) is 15.3 Å². The minimum absolute atomic E-state index is 0.160. The number of nitrogens with zero attached hydrogens (tertiary/aromatic N) is 3. The second kappa shape index (κ2) is 5.96. The van der Waals surface area contributed by atoms with Gasteiger partial charge in [0.2, 0.25) is 0 Å². The van der Waals surface area contributed by atoms with Crippen LogP contribution < -0.4 is 0 Å². The number of pyridine rings is 1. The van der Waals surface area contributed by atoms with Crippen LogP contribution in [0.15, 0.2) is 36.8 Å². The molecule has 4 nitrogen and oxygen atoms in total. The molecule has 0 unspecified atom stereocenters. The fourth-order valence-corrected chi connectivity index (χ4v) is 1.94. The number of Topliss-reactive ketones (excluding diaryl/α,β-unsaturated/α-hetero) is 1. The van der Waals surface area contributed by atoms with Gasteiger partial charge >= 0.3 is 0 Å². The summed E-state index contributed by atoms with van der Waals surface area (Å²) >= 11 is 0. The van der Waals surface area contributed by atoms with Crippen LogP contribution in [0.25, 0.3) is 0 Å². The van der Waals surface area contributed by atoms with Gasteiger partial charge in [0.1, 0.15) is 11.8 Å². The van der Waals surface area contributed by atoms with Crippen LogP contribution in [0.4, 0.5) is 0 Å². The van der Waals surface area contributed by atoms with Gasteiger partial charge in [0.15, 0.2) is 5.78 Å². The van der Waals surface area contributed by atoms with Crippen molar-refractivity contribution >= 4 is 5.78 Å². The van der Waals surface area contributed by atoms with Crippen LogP contribution in [-0.2, 0) is 6.54 Å². The molecule has 0 fully saturated rings. The predicted octanol–water partition coefficient (Wildman–Crippen LogP) is 2.79. The largest absolute Gasteiger partial charge is 0.349 e. The third kappa shape index (κ3) is 3.08. The van der Waals surface area contributed by atoms with Crippen molar-refractivity contribution in [3.63, 3.8) is 0 Å². The molecule has 0 saturated carbocycles. The highest BCUT2D eigenvalue weighted by molar-refractivity contribution is 5.95. The first kappa shape index (κ1) is 13.0. The second-order valence-corrected chi connectivity index (χ2v) is 4.37. The Morgan fingerprint density at radius 2 is 2.32 bits per heavy atom. The Labute approximate surface area is 112 Å². The molecule has 0 spiro atoms. The van der Waals surface area contributed by atoms with Gasteiger partial charge in [0.05, 0.1) is 0 Å². The molecule has 0 aromatic carbocycles. The molecule has 4 heteroatoms. The van der Waals surface area contributed by atoms with E-state index in [9.17, 15) is 4.79 Å². The maximum Gasteiger partial charge on any atom is 0.164 e. The number of carbonyl (C=O) groups excluding carboxylic acids is 1. The van der Waals surface area contributed by atoms with E-state index in [4.69, 9.17) is 5.26 Å². The van der Waals surface area contributed by atoms with Crippen molar-refractivity contribution < 1.29 is 4.79 Å². The van der Waals surface area contributed by atoms with Gasteiger partial charge in [-0.05, 0) is 18.6 Å². The second-order valence-electron chi connectivity index (χ2n) is 4.37. The van der Waals surface area contributed by atoms with Gasteiger partial charge in [-0.25, -0.2) is 4.98 Å². The Hall–Kier alpha value is -2.41. The van der Waals surface area contributed by atoms with Gasteiger partial charge in [-0.15, -0.1) is 0 Å². The Bertz CT molecular complexity index is 622. The van der Waals surface area contributed by atoms with Crippen LogP contribution in [0.2, 0.25) is 0 Å². The smallest absolute Gasteiger partial charge is 0.164 e. The average Bonchev–Trinajstić information content (AvgIpc) is 2.88. The fourth-order valence-electron chi connectivity index (χ4n) is 1.94. The van der Waals surface area contributed by atoms with E-state index in [-0.39, 0.29) is 5.78 Å². The lowest BCUT2D eigenvalue weighted by Gasteiger charge is -2.04. The first-order chi connectivity index (χ1) is 9.24. The third-order valence-electron chi connectivity index (χ3n) is 2.90. The molecule has 0 amide bonds. The van der Waals surface area contributed by atoms with E-state index >= 15 is 0 Å². The van der Waals surface area contributed by atoms with Crippen LogP contribution in [0.1, 0.15) is 41.4 Å². The highest BCUT2D eigenvalue weighted by Gasteiger charge is 2.08. The van der Waals surface area contributed by atoms with Crippen molar-refractivity contribution in [1.82, 2.24) is 9.55 Å². The molecule has 0 bridgehead atoms. The lowest BCUT2D eigenvalue weighted by molar-refractivity contribution is 0.0981. The maximum absolute atomic E-state index is 11.8. The van der Waals surface area contributed by atoms with Gasteiger partial charge in [-0.2, -0.15) is 5.26 Å². The molecule has 0 aliphatic heterocycles. The van der Waals surface area contributed by atoms with E-state index < -0.39 is 0 Å². The average molecular weight is 253 g/mol. The number of rotatable bonds is 5. The summed E-state index contributed by atoms with van der Waals surface area (Å²) in [4.78, 5) is 15.8. The molecule has 2 heterocycles. The molecule has 96 valence electrons. The zero-order chi connectivity index (χ0) is 13.7. The van der Waals surface area contributed by atoms with Crippen LogP contribution in [0.3, 0.4) is 0 Å². The van der Waals surface area contributed by atoms with Crippen molar-refractivity contribution in [2.75, 3.05) is 0 Å². The summed E-state index contributed by atoms with van der Waals surface area (Å²) in [6.07, 6.45) is 6.71. The fraction of sp³-hybridized carbons (Fsp3) is 0.267. The molecular weight excluding hydrogens is 238 g/mol. The third-order valence-corrected chi connectivity index (χ3v) is 2.90. The van der Waals surface area contributed by atoms with Gasteiger partial charge in [0, 0.05) is 42.7 Å².